The van der Waals surface area contributed by atoms with Gasteiger partial charge in [-0.1, -0.05) is 0 Å². The molecule has 0 amide bonds. The molecule has 0 spiro atoms. The van der Waals surface area contributed by atoms with Crippen LogP contribution in [0.5, 0.6) is 0 Å². The predicted octanol–water partition coefficient (Wildman–Crippen LogP) is 2.47. The second kappa shape index (κ2) is 7.39. The van der Waals surface area contributed by atoms with Crippen LogP contribution in [-0.4, -0.2) is 33.8 Å². The Hall–Kier alpha value is -2.64. The molecule has 2 aromatic heterocycles. The lowest BCUT2D eigenvalue weighted by atomic mass is 10.3. The number of anilines is 3. The highest BCUT2D eigenvalue weighted by atomic mass is 16.3. The Bertz CT molecular complexity index is 626. The van der Waals surface area contributed by atoms with Gasteiger partial charge in [0.05, 0.1) is 0 Å². The van der Waals surface area contributed by atoms with Crippen LogP contribution in [0.25, 0.3) is 0 Å². The van der Waals surface area contributed by atoms with Crippen molar-refractivity contribution in [2.45, 2.75) is 27.7 Å². The molecular formula is C14H21N7O. The van der Waals surface area contributed by atoms with Gasteiger partial charge in [0.1, 0.15) is 17.2 Å². The minimum absolute atomic E-state index is 0.365. The molecule has 0 unspecified atom stereocenters. The Labute approximate surface area is 129 Å². The number of aromatic nitrogens is 3. The summed E-state index contributed by atoms with van der Waals surface area (Å²) >= 11 is 0. The summed E-state index contributed by atoms with van der Waals surface area (Å²) in [7, 11) is 0. The molecule has 2 heterocycles. The van der Waals surface area contributed by atoms with Crippen LogP contribution in [0.4, 0.5) is 17.8 Å². The van der Waals surface area contributed by atoms with Crippen LogP contribution in [0.3, 0.4) is 0 Å². The molecule has 0 aromatic carbocycles. The number of hydrogen-bond acceptors (Lipinski definition) is 8. The van der Waals surface area contributed by atoms with Gasteiger partial charge in [0.25, 0.3) is 0 Å². The second-order valence-electron chi connectivity index (χ2n) is 4.59. The van der Waals surface area contributed by atoms with E-state index >= 15 is 0 Å². The highest BCUT2D eigenvalue weighted by Crippen LogP contribution is 2.11. The zero-order valence-electron chi connectivity index (χ0n) is 13.3. The fourth-order valence-electron chi connectivity index (χ4n) is 1.72. The van der Waals surface area contributed by atoms with E-state index in [9.17, 15) is 0 Å². The summed E-state index contributed by atoms with van der Waals surface area (Å²) in [5.41, 5.74) is 3.55. The van der Waals surface area contributed by atoms with Gasteiger partial charge in [0.15, 0.2) is 0 Å². The maximum atomic E-state index is 5.51. The summed E-state index contributed by atoms with van der Waals surface area (Å²) in [6, 6.07) is 3.77. The summed E-state index contributed by atoms with van der Waals surface area (Å²) in [4.78, 5) is 12.8. The fraction of sp³-hybridized carbons (Fsp3) is 0.429. The van der Waals surface area contributed by atoms with E-state index in [1.807, 2.05) is 39.8 Å². The molecule has 8 heteroatoms. The van der Waals surface area contributed by atoms with Crippen molar-refractivity contribution >= 4 is 23.6 Å². The molecule has 0 aliphatic heterocycles. The average molecular weight is 303 g/mol. The highest BCUT2D eigenvalue weighted by Gasteiger charge is 2.06. The topological polar surface area (TPSA) is 100 Å². The van der Waals surface area contributed by atoms with Crippen molar-refractivity contribution in [3.05, 3.63) is 23.7 Å². The van der Waals surface area contributed by atoms with E-state index in [-0.39, 0.29) is 0 Å². The smallest absolute Gasteiger partial charge is 0.250 e. The zero-order chi connectivity index (χ0) is 15.9. The standard InChI is InChI=1S/C14H21N7O/c1-5-15-12-17-13(16-6-2)19-14(18-12)21-20-10(4)11-8-7-9(3)22-11/h7-8H,5-6H2,1-4H3,(H3,15,16,17,18,19,21)/b20-10+. The Kier molecular flexibility index (Phi) is 5.29. The monoisotopic (exact) mass is 303 g/mol. The van der Waals surface area contributed by atoms with E-state index < -0.39 is 0 Å². The third-order valence-electron chi connectivity index (χ3n) is 2.73. The summed E-state index contributed by atoms with van der Waals surface area (Å²) in [5.74, 6) is 2.91. The Balaban J connectivity index is 2.17. The predicted molar refractivity (Wildman–Crippen MR) is 87.4 cm³/mol. The zero-order valence-corrected chi connectivity index (χ0v) is 13.3. The minimum Gasteiger partial charge on any atom is -0.460 e. The lowest BCUT2D eigenvalue weighted by molar-refractivity contribution is 0.525. The first-order chi connectivity index (χ1) is 10.6. The van der Waals surface area contributed by atoms with Gasteiger partial charge in [-0.3, -0.25) is 0 Å². The molecule has 0 saturated carbocycles. The number of hydrazone groups is 1. The highest BCUT2D eigenvalue weighted by molar-refractivity contribution is 5.96. The second-order valence-corrected chi connectivity index (χ2v) is 4.59. The van der Waals surface area contributed by atoms with Crippen LogP contribution in [-0.2, 0) is 0 Å². The Morgan fingerprint density at radius 1 is 1.05 bits per heavy atom. The van der Waals surface area contributed by atoms with Gasteiger partial charge in [-0.05, 0) is 39.8 Å². The summed E-state index contributed by atoms with van der Waals surface area (Å²) in [6.45, 7) is 9.15. The van der Waals surface area contributed by atoms with Gasteiger partial charge in [0, 0.05) is 13.1 Å². The number of nitrogens with zero attached hydrogens (tertiary/aromatic N) is 4. The minimum atomic E-state index is 0.365. The fourth-order valence-corrected chi connectivity index (χ4v) is 1.72. The number of furan rings is 1. The van der Waals surface area contributed by atoms with Crippen molar-refractivity contribution in [1.29, 1.82) is 0 Å². The molecular weight excluding hydrogens is 282 g/mol. The van der Waals surface area contributed by atoms with Crippen LogP contribution in [0.1, 0.15) is 32.3 Å². The molecule has 22 heavy (non-hydrogen) atoms. The van der Waals surface area contributed by atoms with Crippen LogP contribution in [0, 0.1) is 6.92 Å². The van der Waals surface area contributed by atoms with E-state index in [0.717, 1.165) is 18.8 Å². The molecule has 2 aromatic rings. The number of aryl methyl sites for hydroxylation is 1. The normalized spacial score (nSPS) is 11.4. The Morgan fingerprint density at radius 2 is 1.64 bits per heavy atom. The molecule has 3 N–H and O–H groups in total. The van der Waals surface area contributed by atoms with E-state index in [1.165, 1.54) is 0 Å². The van der Waals surface area contributed by atoms with Gasteiger partial charge < -0.3 is 15.1 Å². The van der Waals surface area contributed by atoms with Gasteiger partial charge in [-0.2, -0.15) is 20.1 Å². The summed E-state index contributed by atoms with van der Waals surface area (Å²) < 4.78 is 5.51. The molecule has 118 valence electrons. The van der Waals surface area contributed by atoms with Crippen molar-refractivity contribution in [1.82, 2.24) is 15.0 Å². The van der Waals surface area contributed by atoms with Crippen molar-refractivity contribution in [3.8, 4) is 0 Å². The van der Waals surface area contributed by atoms with Crippen molar-refractivity contribution in [2.75, 3.05) is 29.1 Å². The molecule has 0 radical (unpaired) electrons. The SMILES string of the molecule is CCNc1nc(NCC)nc(N/N=C(\C)c2ccc(C)o2)n1. The first kappa shape index (κ1) is 15.7. The quantitative estimate of drug-likeness (QED) is 0.533. The van der Waals surface area contributed by atoms with E-state index in [4.69, 9.17) is 4.42 Å². The van der Waals surface area contributed by atoms with E-state index in [1.54, 1.807) is 0 Å². The molecule has 0 saturated heterocycles. The van der Waals surface area contributed by atoms with Crippen LogP contribution < -0.4 is 16.1 Å². The lowest BCUT2D eigenvalue weighted by Crippen LogP contribution is -2.11. The molecule has 8 nitrogen and oxygen atoms in total. The average Bonchev–Trinajstić information content (AvgIpc) is 2.92. The van der Waals surface area contributed by atoms with Gasteiger partial charge in [0.2, 0.25) is 17.8 Å². The van der Waals surface area contributed by atoms with Crippen molar-refractivity contribution < 1.29 is 4.42 Å². The molecule has 0 aliphatic rings. The van der Waals surface area contributed by atoms with Gasteiger partial charge >= 0.3 is 0 Å². The molecule has 0 atom stereocenters. The van der Waals surface area contributed by atoms with Crippen LogP contribution >= 0.6 is 0 Å². The molecule has 0 bridgehead atoms. The molecule has 2 rings (SSSR count). The maximum absolute atomic E-state index is 5.51. The van der Waals surface area contributed by atoms with Gasteiger partial charge in [-0.25, -0.2) is 5.43 Å². The number of rotatable bonds is 7. The first-order valence-electron chi connectivity index (χ1n) is 7.23. The number of hydrogen-bond donors (Lipinski definition) is 3. The largest absolute Gasteiger partial charge is 0.460 e. The van der Waals surface area contributed by atoms with E-state index in [2.05, 4.69) is 36.1 Å². The summed E-state index contributed by atoms with van der Waals surface area (Å²) in [5, 5.41) is 10.4. The lowest BCUT2D eigenvalue weighted by Gasteiger charge is -2.08. The molecule has 0 fully saturated rings. The molecule has 0 aliphatic carbocycles. The van der Waals surface area contributed by atoms with E-state index in [0.29, 0.717) is 29.3 Å². The third kappa shape index (κ3) is 4.18. The summed E-state index contributed by atoms with van der Waals surface area (Å²) in [6.07, 6.45) is 0. The van der Waals surface area contributed by atoms with Crippen LogP contribution in [0.15, 0.2) is 21.7 Å². The first-order valence-corrected chi connectivity index (χ1v) is 7.23. The van der Waals surface area contributed by atoms with Gasteiger partial charge in [-0.15, -0.1) is 0 Å². The van der Waals surface area contributed by atoms with Crippen LogP contribution in [0.2, 0.25) is 0 Å². The third-order valence-corrected chi connectivity index (χ3v) is 2.73. The number of nitrogens with one attached hydrogen (secondary N) is 3. The Morgan fingerprint density at radius 3 is 2.14 bits per heavy atom. The maximum Gasteiger partial charge on any atom is 0.250 e. The van der Waals surface area contributed by atoms with Crippen molar-refractivity contribution in [3.63, 3.8) is 0 Å². The van der Waals surface area contributed by atoms with Crippen molar-refractivity contribution in [2.24, 2.45) is 5.10 Å².